The van der Waals surface area contributed by atoms with Crippen LogP contribution < -0.4 is 20.7 Å². The van der Waals surface area contributed by atoms with Crippen molar-refractivity contribution in [1.29, 1.82) is 0 Å². The van der Waals surface area contributed by atoms with E-state index in [0.29, 0.717) is 51.9 Å². The Hall–Kier alpha value is -4.22. The van der Waals surface area contributed by atoms with Gasteiger partial charge in [0.25, 0.3) is 0 Å². The Labute approximate surface area is 236 Å². The first-order valence-electron chi connectivity index (χ1n) is 12.8. The zero-order valence-corrected chi connectivity index (χ0v) is 23.2. The molecule has 0 spiro atoms. The molecular weight excluding hydrogens is 530 g/mol. The fourth-order valence-corrected chi connectivity index (χ4v) is 5.07. The van der Waals surface area contributed by atoms with Crippen LogP contribution in [0.1, 0.15) is 47.9 Å². The topological polar surface area (TPSA) is 148 Å². The van der Waals surface area contributed by atoms with Crippen LogP contribution in [0.25, 0.3) is 0 Å². The van der Waals surface area contributed by atoms with Gasteiger partial charge in [0.1, 0.15) is 23.1 Å². The number of carbonyl (C=O) groups excluding carboxylic acids is 3. The fraction of sp³-hybridized carbons (Fsp3) is 0.276. The molecule has 1 saturated heterocycles. The highest BCUT2D eigenvalue weighted by Crippen LogP contribution is 2.34. The lowest BCUT2D eigenvalue weighted by molar-refractivity contribution is -0.118. The summed E-state index contributed by atoms with van der Waals surface area (Å²) in [6.07, 6.45) is 3.08. The minimum Gasteiger partial charge on any atom is -0.457 e. The number of aliphatic hydroxyl groups is 1. The number of aliphatic hydroxyl groups excluding tert-OH is 1. The van der Waals surface area contributed by atoms with Gasteiger partial charge in [-0.2, -0.15) is 0 Å². The molecule has 1 aromatic heterocycles. The number of aromatic nitrogens is 2. The molecule has 2 heterocycles. The van der Waals surface area contributed by atoms with Crippen LogP contribution in [0.4, 0.5) is 11.5 Å². The maximum absolute atomic E-state index is 13.3. The van der Waals surface area contributed by atoms with Crippen LogP contribution in [-0.4, -0.2) is 45.2 Å². The molecule has 1 fully saturated rings. The molecule has 0 radical (unpaired) electrons. The Balaban J connectivity index is 1.46. The van der Waals surface area contributed by atoms with Crippen LogP contribution in [0.15, 0.2) is 65.2 Å². The van der Waals surface area contributed by atoms with Crippen molar-refractivity contribution in [3.05, 3.63) is 82.2 Å². The molecule has 4 N–H and O–H groups in total. The first-order valence-corrected chi connectivity index (χ1v) is 13.6. The van der Waals surface area contributed by atoms with Crippen molar-refractivity contribution in [2.24, 2.45) is 0 Å². The molecule has 0 aliphatic carbocycles. The van der Waals surface area contributed by atoms with Crippen molar-refractivity contribution in [3.8, 4) is 11.5 Å². The van der Waals surface area contributed by atoms with Gasteiger partial charge in [0, 0.05) is 60.5 Å². The van der Waals surface area contributed by atoms with Crippen LogP contribution in [0.3, 0.4) is 0 Å². The Morgan fingerprint density at radius 3 is 2.60 bits per heavy atom. The van der Waals surface area contributed by atoms with Crippen LogP contribution >= 0.6 is 11.8 Å². The first kappa shape index (κ1) is 28.8. The highest BCUT2D eigenvalue weighted by Gasteiger charge is 2.22. The van der Waals surface area contributed by atoms with Crippen molar-refractivity contribution in [3.63, 3.8) is 0 Å². The molecule has 0 unspecified atom stereocenters. The second kappa shape index (κ2) is 13.2. The molecule has 0 atom stereocenters. The number of anilines is 2. The number of thioether (sulfide) groups is 1. The number of amides is 2. The van der Waals surface area contributed by atoms with E-state index >= 15 is 0 Å². The number of ether oxygens (including phenoxy) is 1. The molecular formula is C29H31N5O5S. The average Bonchev–Trinajstić information content (AvgIpc) is 3.38. The van der Waals surface area contributed by atoms with Crippen molar-refractivity contribution in [1.82, 2.24) is 15.3 Å². The second-order valence-electron chi connectivity index (χ2n) is 9.16. The van der Waals surface area contributed by atoms with Gasteiger partial charge < -0.3 is 25.8 Å². The first-order chi connectivity index (χ1) is 19.3. The molecule has 40 heavy (non-hydrogen) atoms. The number of para-hydroxylation sites is 1. The zero-order chi connectivity index (χ0) is 28.6. The molecule has 11 heteroatoms. The van der Waals surface area contributed by atoms with Crippen molar-refractivity contribution in [2.75, 3.05) is 23.8 Å². The summed E-state index contributed by atoms with van der Waals surface area (Å²) in [4.78, 5) is 48.6. The van der Waals surface area contributed by atoms with E-state index in [9.17, 15) is 19.5 Å². The number of aryl methyl sites for hydroxylation is 1. The summed E-state index contributed by atoms with van der Waals surface area (Å²) < 4.78 is 6.03. The number of hydrogen-bond acceptors (Lipinski definition) is 9. The van der Waals surface area contributed by atoms with E-state index in [4.69, 9.17) is 10.5 Å². The zero-order valence-electron chi connectivity index (χ0n) is 22.3. The third kappa shape index (κ3) is 7.04. The summed E-state index contributed by atoms with van der Waals surface area (Å²) in [5.41, 5.74) is 7.92. The minimum absolute atomic E-state index is 0.102. The number of nitrogen functional groups attached to an aromatic ring is 1. The van der Waals surface area contributed by atoms with Gasteiger partial charge in [-0.3, -0.25) is 14.4 Å². The highest BCUT2D eigenvalue weighted by molar-refractivity contribution is 8.17. The van der Waals surface area contributed by atoms with Crippen molar-refractivity contribution in [2.45, 2.75) is 39.7 Å². The van der Waals surface area contributed by atoms with E-state index in [1.807, 2.05) is 12.1 Å². The Bertz CT molecular complexity index is 1440. The Morgan fingerprint density at radius 1 is 1.18 bits per heavy atom. The molecule has 3 aromatic rings. The van der Waals surface area contributed by atoms with Gasteiger partial charge in [0.05, 0.1) is 5.56 Å². The number of nitrogens with zero attached hydrogens (tertiary/aromatic N) is 3. The highest BCUT2D eigenvalue weighted by atomic mass is 32.2. The van der Waals surface area contributed by atoms with Crippen LogP contribution in [-0.2, 0) is 16.1 Å². The van der Waals surface area contributed by atoms with E-state index in [-0.39, 0.29) is 36.4 Å². The summed E-state index contributed by atoms with van der Waals surface area (Å²) >= 11 is 0.876. The molecule has 2 amide bonds. The molecule has 10 nitrogen and oxygen atoms in total. The van der Waals surface area contributed by atoms with Gasteiger partial charge in [-0.15, -0.1) is 0 Å². The fourth-order valence-electron chi connectivity index (χ4n) is 4.13. The lowest BCUT2D eigenvalue weighted by atomic mass is 10.2. The molecule has 208 valence electrons. The van der Waals surface area contributed by atoms with Crippen LogP contribution in [0, 0.1) is 6.92 Å². The standard InChI is InChI=1S/C29H31N5O5S/c1-18(28(37)32-17-20-16-31-19(2)33-27(20)30)25(13-15-35)40-29(38)23-6-3-4-7-24(23)39-22-11-9-21(10-12-22)34-14-5-8-26(34)36/h3-4,6-7,9-12,16,35H,5,8,13-15,17H2,1-2H3,(H,32,37)(H2,30,31,33)/b25-18-. The molecule has 2 aromatic carbocycles. The largest absolute Gasteiger partial charge is 0.457 e. The van der Waals surface area contributed by atoms with Gasteiger partial charge in [-0.25, -0.2) is 9.97 Å². The number of hydrogen-bond donors (Lipinski definition) is 3. The molecule has 1 aliphatic rings. The quantitative estimate of drug-likeness (QED) is 0.311. The van der Waals surface area contributed by atoms with E-state index in [0.717, 1.165) is 23.9 Å². The van der Waals surface area contributed by atoms with Crippen LogP contribution in [0.2, 0.25) is 0 Å². The predicted molar refractivity (Wildman–Crippen MR) is 154 cm³/mol. The third-order valence-electron chi connectivity index (χ3n) is 6.33. The lowest BCUT2D eigenvalue weighted by Crippen LogP contribution is -2.25. The number of carbonyl (C=O) groups is 3. The summed E-state index contributed by atoms with van der Waals surface area (Å²) in [5.74, 6) is 1.39. The van der Waals surface area contributed by atoms with Crippen LogP contribution in [0.5, 0.6) is 11.5 Å². The van der Waals surface area contributed by atoms with E-state index in [1.54, 1.807) is 61.3 Å². The van der Waals surface area contributed by atoms with Crippen molar-refractivity contribution >= 4 is 40.2 Å². The number of rotatable bonds is 10. The summed E-state index contributed by atoms with van der Waals surface area (Å²) in [7, 11) is 0. The van der Waals surface area contributed by atoms with Gasteiger partial charge >= 0.3 is 0 Å². The Kier molecular flexibility index (Phi) is 9.52. The molecule has 1 aliphatic heterocycles. The Morgan fingerprint density at radius 2 is 1.93 bits per heavy atom. The maximum atomic E-state index is 13.3. The lowest BCUT2D eigenvalue weighted by Gasteiger charge is -2.16. The monoisotopic (exact) mass is 561 g/mol. The molecule has 0 bridgehead atoms. The van der Waals surface area contributed by atoms with Crippen molar-refractivity contribution < 1.29 is 24.2 Å². The van der Waals surface area contributed by atoms with E-state index < -0.39 is 5.91 Å². The van der Waals surface area contributed by atoms with Gasteiger partial charge in [0.15, 0.2) is 0 Å². The molecule has 4 rings (SSSR count). The van der Waals surface area contributed by atoms with Gasteiger partial charge in [-0.1, -0.05) is 23.9 Å². The normalized spacial score (nSPS) is 13.7. The van der Waals surface area contributed by atoms with E-state index in [1.165, 1.54) is 0 Å². The third-order valence-corrected chi connectivity index (χ3v) is 7.49. The minimum atomic E-state index is -0.398. The number of nitrogens with two attached hydrogens (primary N) is 1. The summed E-state index contributed by atoms with van der Waals surface area (Å²) in [6.45, 7) is 3.91. The predicted octanol–water partition coefficient (Wildman–Crippen LogP) is 4.13. The van der Waals surface area contributed by atoms with Gasteiger partial charge in [-0.05, 0) is 56.7 Å². The second-order valence-corrected chi connectivity index (χ2v) is 10.2. The average molecular weight is 562 g/mol. The number of nitrogens with one attached hydrogen (secondary N) is 1. The maximum Gasteiger partial charge on any atom is 0.247 e. The summed E-state index contributed by atoms with van der Waals surface area (Å²) in [5, 5.41) is 12.1. The van der Waals surface area contributed by atoms with E-state index in [2.05, 4.69) is 15.3 Å². The summed E-state index contributed by atoms with van der Waals surface area (Å²) in [6, 6.07) is 14.0. The van der Waals surface area contributed by atoms with Gasteiger partial charge in [0.2, 0.25) is 16.9 Å². The number of benzene rings is 2. The smallest absolute Gasteiger partial charge is 0.247 e. The molecule has 0 saturated carbocycles. The SMILES string of the molecule is C/C(C(=O)NCc1cnc(C)nc1N)=C(\CCO)SC(=O)c1ccccc1Oc1ccc(N2CCCC2=O)cc1.